The highest BCUT2D eigenvalue weighted by Gasteiger charge is 2.53. The summed E-state index contributed by atoms with van der Waals surface area (Å²) in [5.74, 6) is -0.604. The first-order chi connectivity index (χ1) is 10.2. The molecular formula is C14H17F3N2O3. The minimum absolute atomic E-state index is 0.0227. The van der Waals surface area contributed by atoms with Gasteiger partial charge in [-0.2, -0.15) is 13.2 Å². The molecule has 0 saturated carbocycles. The molecule has 1 fully saturated rings. The number of hydrogen-bond donors (Lipinski definition) is 1. The van der Waals surface area contributed by atoms with Crippen LogP contribution in [-0.4, -0.2) is 45.3 Å². The fraction of sp³-hybridized carbons (Fsp3) is 0.571. The normalized spacial score (nSPS) is 23.2. The first-order valence-corrected chi connectivity index (χ1v) is 6.90. The number of carbonyl (C=O) groups excluding carboxylic acids is 1. The molecule has 1 aliphatic rings. The highest BCUT2D eigenvalue weighted by molar-refractivity contribution is 5.93. The van der Waals surface area contributed by atoms with Gasteiger partial charge in [0.1, 0.15) is 5.56 Å². The lowest BCUT2D eigenvalue weighted by atomic mass is 9.94. The molecule has 1 aliphatic heterocycles. The number of nitrogens with zero attached hydrogens (tertiary/aromatic N) is 2. The fourth-order valence-electron chi connectivity index (χ4n) is 2.54. The van der Waals surface area contributed by atoms with Crippen LogP contribution in [0.4, 0.5) is 13.2 Å². The summed E-state index contributed by atoms with van der Waals surface area (Å²) in [5, 5.41) is 9.73. The van der Waals surface area contributed by atoms with Gasteiger partial charge in [-0.05, 0) is 25.0 Å². The summed E-state index contributed by atoms with van der Waals surface area (Å²) in [6, 6.07) is 2.88. The van der Waals surface area contributed by atoms with Crippen molar-refractivity contribution >= 4 is 5.91 Å². The molecule has 8 heteroatoms. The van der Waals surface area contributed by atoms with Crippen molar-refractivity contribution in [2.75, 3.05) is 13.1 Å². The molecule has 1 saturated heterocycles. The number of hydrogen-bond acceptors (Lipinski definition) is 3. The molecule has 0 aromatic carbocycles. The zero-order chi connectivity index (χ0) is 16.5. The highest BCUT2D eigenvalue weighted by Crippen LogP contribution is 2.38. The van der Waals surface area contributed by atoms with E-state index in [0.29, 0.717) is 0 Å². The third-order valence-corrected chi connectivity index (χ3v) is 3.98. The average molecular weight is 318 g/mol. The summed E-state index contributed by atoms with van der Waals surface area (Å²) < 4.78 is 39.8. The van der Waals surface area contributed by atoms with Gasteiger partial charge in [0.05, 0.1) is 0 Å². The monoisotopic (exact) mass is 318 g/mol. The van der Waals surface area contributed by atoms with Crippen LogP contribution in [0.1, 0.15) is 29.6 Å². The Morgan fingerprint density at radius 2 is 2.00 bits per heavy atom. The molecule has 0 aliphatic carbocycles. The molecule has 1 aromatic heterocycles. The topological polar surface area (TPSA) is 62.5 Å². The van der Waals surface area contributed by atoms with E-state index >= 15 is 0 Å². The molecule has 0 bridgehead atoms. The van der Waals surface area contributed by atoms with Crippen molar-refractivity contribution in [3.8, 4) is 0 Å². The number of carbonyl (C=O) groups is 1. The Hall–Kier alpha value is -1.83. The Bertz CT molecular complexity index is 626. The summed E-state index contributed by atoms with van der Waals surface area (Å²) in [7, 11) is 1.49. The second-order valence-electron chi connectivity index (χ2n) is 5.51. The molecule has 1 aromatic rings. The van der Waals surface area contributed by atoms with E-state index in [1.165, 1.54) is 34.8 Å². The molecule has 0 radical (unpaired) electrons. The fourth-order valence-corrected chi connectivity index (χ4v) is 2.54. The van der Waals surface area contributed by atoms with Crippen molar-refractivity contribution in [2.24, 2.45) is 7.05 Å². The van der Waals surface area contributed by atoms with Crippen molar-refractivity contribution in [2.45, 2.75) is 31.0 Å². The SMILES string of the molecule is Cn1cccc(C(=O)N2CCCC(O)(C(F)(F)F)CC2)c1=O. The molecule has 1 N–H and O–H groups in total. The standard InChI is InChI=1S/C14H17F3N2O3/c1-18-7-2-4-10(11(18)20)12(21)19-8-3-5-13(22,6-9-19)14(15,16)17/h2,4,7,22H,3,5-6,8-9H2,1H3. The predicted molar refractivity (Wildman–Crippen MR) is 72.4 cm³/mol. The zero-order valence-electron chi connectivity index (χ0n) is 12.1. The first-order valence-electron chi connectivity index (χ1n) is 6.90. The summed E-state index contributed by atoms with van der Waals surface area (Å²) in [6.45, 7) is -0.165. The molecule has 0 spiro atoms. The maximum atomic E-state index is 12.9. The number of pyridine rings is 1. The van der Waals surface area contributed by atoms with Gasteiger partial charge < -0.3 is 14.6 Å². The Morgan fingerprint density at radius 3 is 2.64 bits per heavy atom. The largest absolute Gasteiger partial charge is 0.417 e. The Morgan fingerprint density at radius 1 is 1.32 bits per heavy atom. The molecule has 1 atom stereocenters. The lowest BCUT2D eigenvalue weighted by Crippen LogP contribution is -2.46. The van der Waals surface area contributed by atoms with E-state index in [2.05, 4.69) is 0 Å². The van der Waals surface area contributed by atoms with Gasteiger partial charge in [0, 0.05) is 32.8 Å². The first kappa shape index (κ1) is 16.5. The molecule has 1 amide bonds. The minimum Gasteiger partial charge on any atom is -0.380 e. The number of alkyl halides is 3. The van der Waals surface area contributed by atoms with Crippen LogP contribution in [0.5, 0.6) is 0 Å². The number of likely N-dealkylation sites (tertiary alicyclic amines) is 1. The molecule has 22 heavy (non-hydrogen) atoms. The van der Waals surface area contributed by atoms with Gasteiger partial charge in [-0.3, -0.25) is 9.59 Å². The second-order valence-corrected chi connectivity index (χ2v) is 5.51. The quantitative estimate of drug-likeness (QED) is 0.849. The number of rotatable bonds is 1. The lowest BCUT2D eigenvalue weighted by Gasteiger charge is -2.29. The maximum Gasteiger partial charge on any atom is 0.417 e. The second kappa shape index (κ2) is 5.75. The van der Waals surface area contributed by atoms with Gasteiger partial charge in [-0.15, -0.1) is 0 Å². The van der Waals surface area contributed by atoms with Gasteiger partial charge >= 0.3 is 6.18 Å². The number of aryl methyl sites for hydroxylation is 1. The van der Waals surface area contributed by atoms with Gasteiger partial charge in [0.2, 0.25) is 0 Å². The van der Waals surface area contributed by atoms with E-state index in [-0.39, 0.29) is 25.1 Å². The van der Waals surface area contributed by atoms with E-state index in [9.17, 15) is 27.9 Å². The summed E-state index contributed by atoms with van der Waals surface area (Å²) in [5.41, 5.74) is -3.35. The van der Waals surface area contributed by atoms with Crippen LogP contribution in [0, 0.1) is 0 Å². The van der Waals surface area contributed by atoms with Crippen LogP contribution >= 0.6 is 0 Å². The van der Waals surface area contributed by atoms with Crippen LogP contribution in [0.3, 0.4) is 0 Å². The smallest absolute Gasteiger partial charge is 0.380 e. The van der Waals surface area contributed by atoms with Crippen molar-refractivity contribution in [3.63, 3.8) is 0 Å². The molecule has 2 heterocycles. The zero-order valence-corrected chi connectivity index (χ0v) is 12.1. The van der Waals surface area contributed by atoms with Crippen molar-refractivity contribution < 1.29 is 23.1 Å². The van der Waals surface area contributed by atoms with Gasteiger partial charge in [-0.1, -0.05) is 0 Å². The lowest BCUT2D eigenvalue weighted by molar-refractivity contribution is -0.263. The van der Waals surface area contributed by atoms with Crippen molar-refractivity contribution in [1.82, 2.24) is 9.47 Å². The Labute approximate surface area is 125 Å². The van der Waals surface area contributed by atoms with E-state index in [1.54, 1.807) is 0 Å². The highest BCUT2D eigenvalue weighted by atomic mass is 19.4. The summed E-state index contributed by atoms with van der Waals surface area (Å²) in [6.07, 6.45) is -4.25. The number of aromatic nitrogens is 1. The van der Waals surface area contributed by atoms with Crippen LogP contribution in [0.15, 0.2) is 23.1 Å². The van der Waals surface area contributed by atoms with Crippen LogP contribution in [-0.2, 0) is 7.05 Å². The predicted octanol–water partition coefficient (Wildman–Crippen LogP) is 1.30. The van der Waals surface area contributed by atoms with Crippen LogP contribution < -0.4 is 5.56 Å². The van der Waals surface area contributed by atoms with E-state index in [0.717, 1.165) is 0 Å². The average Bonchev–Trinajstić information content (AvgIpc) is 2.63. The maximum absolute atomic E-state index is 12.9. The van der Waals surface area contributed by atoms with E-state index in [4.69, 9.17) is 0 Å². The molecule has 2 rings (SSSR count). The van der Waals surface area contributed by atoms with Gasteiger partial charge in [0.15, 0.2) is 5.60 Å². The van der Waals surface area contributed by atoms with E-state index in [1.807, 2.05) is 0 Å². The minimum atomic E-state index is -4.73. The number of amides is 1. The molecular weight excluding hydrogens is 301 g/mol. The van der Waals surface area contributed by atoms with Crippen molar-refractivity contribution in [1.29, 1.82) is 0 Å². The van der Waals surface area contributed by atoms with Gasteiger partial charge in [0.25, 0.3) is 11.5 Å². The van der Waals surface area contributed by atoms with Crippen LogP contribution in [0.25, 0.3) is 0 Å². The third kappa shape index (κ3) is 3.01. The summed E-state index contributed by atoms with van der Waals surface area (Å²) in [4.78, 5) is 25.4. The Kier molecular flexibility index (Phi) is 4.32. The number of aliphatic hydroxyl groups is 1. The van der Waals surface area contributed by atoms with E-state index < -0.39 is 36.1 Å². The molecule has 1 unspecified atom stereocenters. The molecule has 122 valence electrons. The van der Waals surface area contributed by atoms with Crippen LogP contribution in [0.2, 0.25) is 0 Å². The van der Waals surface area contributed by atoms with Gasteiger partial charge in [-0.25, -0.2) is 0 Å². The summed E-state index contributed by atoms with van der Waals surface area (Å²) >= 11 is 0. The third-order valence-electron chi connectivity index (χ3n) is 3.98. The molecule has 5 nitrogen and oxygen atoms in total. The number of halogens is 3. The van der Waals surface area contributed by atoms with Crippen molar-refractivity contribution in [3.05, 3.63) is 34.2 Å². The Balaban J connectivity index is 2.20.